The van der Waals surface area contributed by atoms with Gasteiger partial charge in [-0.1, -0.05) is 42.5 Å². The molecule has 3 aromatic rings. The molecule has 0 aliphatic carbocycles. The number of rotatable bonds is 7. The minimum atomic E-state index is -0.280. The normalized spacial score (nSPS) is 12.3. The summed E-state index contributed by atoms with van der Waals surface area (Å²) in [5.74, 6) is -0.187. The van der Waals surface area contributed by atoms with E-state index in [2.05, 4.69) is 27.3 Å². The second-order valence-corrected chi connectivity index (χ2v) is 6.78. The van der Waals surface area contributed by atoms with Gasteiger partial charge < -0.3 is 10.2 Å². The predicted octanol–water partition coefficient (Wildman–Crippen LogP) is 1.69. The summed E-state index contributed by atoms with van der Waals surface area (Å²) in [6.45, 7) is 0.492. The first-order chi connectivity index (χ1) is 13.0. The highest BCUT2D eigenvalue weighted by molar-refractivity contribution is 5.79. The average molecular weight is 364 g/mol. The Morgan fingerprint density at radius 3 is 2.56 bits per heavy atom. The molecule has 1 heterocycles. The highest BCUT2D eigenvalue weighted by atomic mass is 16.2. The molecule has 0 bridgehead atoms. The van der Waals surface area contributed by atoms with Crippen LogP contribution in [0.15, 0.2) is 65.6 Å². The maximum Gasteiger partial charge on any atom is 0.269 e. The molecular formula is C21H24N4O2. The molecule has 6 nitrogen and oxygen atoms in total. The number of para-hydroxylation sites is 2. The van der Waals surface area contributed by atoms with Crippen molar-refractivity contribution in [2.24, 2.45) is 0 Å². The molecule has 0 radical (unpaired) electrons. The Hall–Kier alpha value is -2.99. The van der Waals surface area contributed by atoms with Crippen LogP contribution in [-0.2, 0) is 17.8 Å². The van der Waals surface area contributed by atoms with E-state index in [9.17, 15) is 9.59 Å². The summed E-state index contributed by atoms with van der Waals surface area (Å²) in [5, 5.41) is 2.96. The van der Waals surface area contributed by atoms with E-state index in [1.54, 1.807) is 6.07 Å². The van der Waals surface area contributed by atoms with Gasteiger partial charge in [-0.05, 0) is 38.2 Å². The Morgan fingerprint density at radius 1 is 1.11 bits per heavy atom. The number of carbonyl (C=O) groups is 1. The van der Waals surface area contributed by atoms with Gasteiger partial charge in [-0.2, -0.15) is 0 Å². The van der Waals surface area contributed by atoms with Crippen LogP contribution in [0.2, 0.25) is 0 Å². The van der Waals surface area contributed by atoms with E-state index < -0.39 is 0 Å². The van der Waals surface area contributed by atoms with Crippen molar-refractivity contribution in [2.45, 2.75) is 19.0 Å². The summed E-state index contributed by atoms with van der Waals surface area (Å²) < 4.78 is 1.46. The topological polar surface area (TPSA) is 67.2 Å². The zero-order chi connectivity index (χ0) is 19.2. The van der Waals surface area contributed by atoms with Crippen molar-refractivity contribution in [1.29, 1.82) is 0 Å². The van der Waals surface area contributed by atoms with Crippen molar-refractivity contribution in [3.8, 4) is 0 Å². The molecule has 0 spiro atoms. The molecular weight excluding hydrogens is 340 g/mol. The van der Waals surface area contributed by atoms with Gasteiger partial charge in [-0.15, -0.1) is 0 Å². The molecule has 2 aromatic carbocycles. The highest BCUT2D eigenvalue weighted by Crippen LogP contribution is 2.08. The zero-order valence-electron chi connectivity index (χ0n) is 15.6. The van der Waals surface area contributed by atoms with E-state index in [-0.39, 0.29) is 24.1 Å². The predicted molar refractivity (Wildman–Crippen MR) is 107 cm³/mol. The molecule has 1 aromatic heterocycles. The lowest BCUT2D eigenvalue weighted by Gasteiger charge is -2.25. The summed E-state index contributed by atoms with van der Waals surface area (Å²) in [5.41, 5.74) is 2.30. The number of likely N-dealkylation sites (N-methyl/N-ethyl adjacent to an activating group) is 1. The van der Waals surface area contributed by atoms with Crippen LogP contribution < -0.4 is 10.9 Å². The maximum atomic E-state index is 12.5. The Kier molecular flexibility index (Phi) is 5.98. The number of fused-ring (bicyclic) bond motifs is 1. The summed E-state index contributed by atoms with van der Waals surface area (Å²) in [6, 6.07) is 17.7. The number of amides is 1. The van der Waals surface area contributed by atoms with E-state index in [1.165, 1.54) is 16.3 Å². The molecule has 6 heteroatoms. The number of benzene rings is 2. The summed E-state index contributed by atoms with van der Waals surface area (Å²) in [7, 11) is 4.00. The van der Waals surface area contributed by atoms with Gasteiger partial charge in [0.15, 0.2) is 0 Å². The second-order valence-electron chi connectivity index (χ2n) is 6.78. The first-order valence-corrected chi connectivity index (χ1v) is 8.96. The van der Waals surface area contributed by atoms with E-state index >= 15 is 0 Å². The van der Waals surface area contributed by atoms with Crippen LogP contribution in [-0.4, -0.2) is 47.0 Å². The van der Waals surface area contributed by atoms with Gasteiger partial charge in [-0.25, -0.2) is 4.98 Å². The lowest BCUT2D eigenvalue weighted by Crippen LogP contribution is -2.43. The van der Waals surface area contributed by atoms with Crippen LogP contribution in [0.3, 0.4) is 0 Å². The Morgan fingerprint density at radius 2 is 1.81 bits per heavy atom. The molecule has 1 atom stereocenters. The van der Waals surface area contributed by atoms with Gasteiger partial charge >= 0.3 is 0 Å². The van der Waals surface area contributed by atoms with Crippen LogP contribution >= 0.6 is 0 Å². The summed E-state index contributed by atoms with van der Waals surface area (Å²) >= 11 is 0. The van der Waals surface area contributed by atoms with E-state index in [1.807, 2.05) is 50.5 Å². The van der Waals surface area contributed by atoms with Gasteiger partial charge in [0.2, 0.25) is 5.91 Å². The largest absolute Gasteiger partial charge is 0.353 e. The van der Waals surface area contributed by atoms with Gasteiger partial charge in [0.25, 0.3) is 5.56 Å². The fraction of sp³-hybridized carbons (Fsp3) is 0.286. The van der Waals surface area contributed by atoms with Crippen molar-refractivity contribution in [3.63, 3.8) is 0 Å². The van der Waals surface area contributed by atoms with Crippen LogP contribution in [0, 0.1) is 0 Å². The SMILES string of the molecule is CN(C)C(CNC(=O)Cn1c(=O)cnc2ccccc21)Cc1ccccc1. The van der Waals surface area contributed by atoms with Crippen LogP contribution in [0.25, 0.3) is 11.0 Å². The van der Waals surface area contributed by atoms with E-state index in [0.29, 0.717) is 17.6 Å². The van der Waals surface area contributed by atoms with Gasteiger partial charge in [-0.3, -0.25) is 14.2 Å². The van der Waals surface area contributed by atoms with E-state index in [0.717, 1.165) is 6.42 Å². The van der Waals surface area contributed by atoms with E-state index in [4.69, 9.17) is 0 Å². The van der Waals surface area contributed by atoms with Gasteiger partial charge in [0.1, 0.15) is 6.54 Å². The lowest BCUT2D eigenvalue weighted by molar-refractivity contribution is -0.121. The molecule has 0 saturated carbocycles. The third-order valence-corrected chi connectivity index (χ3v) is 4.63. The van der Waals surface area contributed by atoms with Gasteiger partial charge in [0, 0.05) is 12.6 Å². The standard InChI is InChI=1S/C21H24N4O2/c1-24(2)17(12-16-8-4-3-5-9-16)13-23-20(26)15-25-19-11-7-6-10-18(19)22-14-21(25)27/h3-11,14,17H,12-13,15H2,1-2H3,(H,23,26). The number of hydrogen-bond acceptors (Lipinski definition) is 4. The van der Waals surface area contributed by atoms with Crippen LogP contribution in [0.4, 0.5) is 0 Å². The Labute approximate surface area is 158 Å². The van der Waals surface area contributed by atoms with Crippen molar-refractivity contribution < 1.29 is 4.79 Å². The monoisotopic (exact) mass is 364 g/mol. The number of nitrogens with one attached hydrogen (secondary N) is 1. The number of aromatic nitrogens is 2. The molecule has 3 rings (SSSR count). The molecule has 0 aliphatic rings. The van der Waals surface area contributed by atoms with Gasteiger partial charge in [0.05, 0.1) is 17.2 Å². The number of hydrogen-bond donors (Lipinski definition) is 1. The third kappa shape index (κ3) is 4.80. The molecule has 1 N–H and O–H groups in total. The fourth-order valence-corrected chi connectivity index (χ4v) is 3.03. The maximum absolute atomic E-state index is 12.5. The second kappa shape index (κ2) is 8.60. The minimum absolute atomic E-state index is 0.0205. The molecule has 140 valence electrons. The molecule has 27 heavy (non-hydrogen) atoms. The van der Waals surface area contributed by atoms with Crippen molar-refractivity contribution in [3.05, 3.63) is 76.7 Å². The average Bonchev–Trinajstić information content (AvgIpc) is 2.68. The minimum Gasteiger partial charge on any atom is -0.353 e. The third-order valence-electron chi connectivity index (χ3n) is 4.63. The van der Waals surface area contributed by atoms with Crippen molar-refractivity contribution >= 4 is 16.9 Å². The number of nitrogens with zero attached hydrogens (tertiary/aromatic N) is 3. The first-order valence-electron chi connectivity index (χ1n) is 8.96. The quantitative estimate of drug-likeness (QED) is 0.693. The molecule has 0 saturated heterocycles. The van der Waals surface area contributed by atoms with Crippen LogP contribution in [0.1, 0.15) is 5.56 Å². The lowest BCUT2D eigenvalue weighted by atomic mass is 10.1. The Bertz CT molecular complexity index is 967. The smallest absolute Gasteiger partial charge is 0.269 e. The number of carbonyl (C=O) groups excluding carboxylic acids is 1. The zero-order valence-corrected chi connectivity index (χ0v) is 15.6. The summed E-state index contributed by atoms with van der Waals surface area (Å²) in [6.07, 6.45) is 2.10. The highest BCUT2D eigenvalue weighted by Gasteiger charge is 2.15. The van der Waals surface area contributed by atoms with Crippen LogP contribution in [0.5, 0.6) is 0 Å². The van der Waals surface area contributed by atoms with Crippen molar-refractivity contribution in [1.82, 2.24) is 19.8 Å². The molecule has 1 amide bonds. The summed E-state index contributed by atoms with van der Waals surface area (Å²) in [4.78, 5) is 30.9. The fourth-order valence-electron chi connectivity index (χ4n) is 3.03. The molecule has 0 fully saturated rings. The van der Waals surface area contributed by atoms with Crippen molar-refractivity contribution in [2.75, 3.05) is 20.6 Å². The molecule has 1 unspecified atom stereocenters. The Balaban J connectivity index is 1.67. The first kappa shape index (κ1) is 18.8. The molecule has 0 aliphatic heterocycles.